The minimum absolute atomic E-state index is 0.205. The highest BCUT2D eigenvalue weighted by atomic mass is 79.9. The Morgan fingerprint density at radius 1 is 1.50 bits per heavy atom. The molecule has 2 rings (SSSR count). The van der Waals surface area contributed by atoms with Crippen LogP contribution in [0.5, 0.6) is 0 Å². The first-order valence-electron chi connectivity index (χ1n) is 4.59. The fourth-order valence-corrected chi connectivity index (χ4v) is 1.75. The molecule has 0 saturated carbocycles. The van der Waals surface area contributed by atoms with Gasteiger partial charge in [-0.15, -0.1) is 0 Å². The summed E-state index contributed by atoms with van der Waals surface area (Å²) in [5.41, 5.74) is 1.15. The molecule has 16 heavy (non-hydrogen) atoms. The van der Waals surface area contributed by atoms with Gasteiger partial charge in [0.15, 0.2) is 5.82 Å². The van der Waals surface area contributed by atoms with Crippen LogP contribution in [-0.2, 0) is 7.05 Å². The lowest BCUT2D eigenvalue weighted by atomic mass is 10.4. The van der Waals surface area contributed by atoms with Crippen molar-refractivity contribution >= 4 is 27.4 Å². The third-order valence-electron chi connectivity index (χ3n) is 2.00. The van der Waals surface area contributed by atoms with Crippen LogP contribution in [0.4, 0.5) is 11.5 Å². The second-order valence-corrected chi connectivity index (χ2v) is 4.18. The number of nitrogens with one attached hydrogen (secondary N) is 2. The fourth-order valence-electron chi connectivity index (χ4n) is 1.28. The maximum Gasteiger partial charge on any atom is 0.290 e. The molecule has 0 fully saturated rings. The van der Waals surface area contributed by atoms with Crippen molar-refractivity contribution in [3.63, 3.8) is 0 Å². The van der Waals surface area contributed by atoms with Crippen LogP contribution in [0.15, 0.2) is 21.5 Å². The van der Waals surface area contributed by atoms with Gasteiger partial charge in [0.25, 0.3) is 5.56 Å². The van der Waals surface area contributed by atoms with E-state index in [2.05, 4.69) is 36.5 Å². The molecule has 0 amide bonds. The number of hydrogen-bond acceptors (Lipinski definition) is 4. The number of aromatic nitrogens is 4. The molecule has 0 unspecified atom stereocenters. The third kappa shape index (κ3) is 2.13. The van der Waals surface area contributed by atoms with Crippen LogP contribution < -0.4 is 10.9 Å². The SMILES string of the molecule is Cc1cc(Nc2cc(Br)nn(C)c2=O)n[nH]1. The summed E-state index contributed by atoms with van der Waals surface area (Å²) in [6.45, 7) is 1.89. The summed E-state index contributed by atoms with van der Waals surface area (Å²) in [7, 11) is 1.59. The van der Waals surface area contributed by atoms with Crippen LogP contribution in [0, 0.1) is 6.92 Å². The lowest BCUT2D eigenvalue weighted by Crippen LogP contribution is -2.22. The van der Waals surface area contributed by atoms with Crippen molar-refractivity contribution in [3.05, 3.63) is 32.8 Å². The van der Waals surface area contributed by atoms with Crippen LogP contribution in [-0.4, -0.2) is 20.0 Å². The van der Waals surface area contributed by atoms with E-state index in [1.165, 1.54) is 4.68 Å². The van der Waals surface area contributed by atoms with Crippen LogP contribution >= 0.6 is 15.9 Å². The third-order valence-corrected chi connectivity index (χ3v) is 2.39. The minimum Gasteiger partial charge on any atom is -0.334 e. The molecule has 7 heteroatoms. The molecule has 2 aromatic rings. The van der Waals surface area contributed by atoms with Gasteiger partial charge in [-0.3, -0.25) is 9.89 Å². The van der Waals surface area contributed by atoms with E-state index in [-0.39, 0.29) is 5.56 Å². The van der Waals surface area contributed by atoms with E-state index in [1.54, 1.807) is 13.1 Å². The van der Waals surface area contributed by atoms with E-state index in [4.69, 9.17) is 0 Å². The molecule has 0 spiro atoms. The molecule has 0 radical (unpaired) electrons. The summed E-state index contributed by atoms with van der Waals surface area (Å²) in [4.78, 5) is 11.7. The van der Waals surface area contributed by atoms with Crippen molar-refractivity contribution in [2.75, 3.05) is 5.32 Å². The maximum atomic E-state index is 11.7. The summed E-state index contributed by atoms with van der Waals surface area (Å²) in [5, 5.41) is 13.6. The Labute approximate surface area is 99.8 Å². The van der Waals surface area contributed by atoms with Gasteiger partial charge in [-0.1, -0.05) is 0 Å². The van der Waals surface area contributed by atoms with E-state index >= 15 is 0 Å². The van der Waals surface area contributed by atoms with Crippen molar-refractivity contribution in [1.82, 2.24) is 20.0 Å². The van der Waals surface area contributed by atoms with Crippen molar-refractivity contribution in [2.45, 2.75) is 6.92 Å². The summed E-state index contributed by atoms with van der Waals surface area (Å²) >= 11 is 3.23. The molecular formula is C9H10BrN5O. The van der Waals surface area contributed by atoms with Crippen molar-refractivity contribution in [3.8, 4) is 0 Å². The smallest absolute Gasteiger partial charge is 0.290 e. The Hall–Kier alpha value is -1.63. The zero-order valence-corrected chi connectivity index (χ0v) is 10.4. The van der Waals surface area contributed by atoms with E-state index in [0.717, 1.165) is 5.69 Å². The average molecular weight is 284 g/mol. The molecule has 2 aromatic heterocycles. The highest BCUT2D eigenvalue weighted by molar-refractivity contribution is 9.10. The van der Waals surface area contributed by atoms with Gasteiger partial charge < -0.3 is 5.32 Å². The van der Waals surface area contributed by atoms with Gasteiger partial charge in [-0.05, 0) is 22.9 Å². The Morgan fingerprint density at radius 2 is 2.25 bits per heavy atom. The largest absolute Gasteiger partial charge is 0.334 e. The first kappa shape index (κ1) is 10.9. The quantitative estimate of drug-likeness (QED) is 0.872. The number of hydrogen-bond donors (Lipinski definition) is 2. The lowest BCUT2D eigenvalue weighted by Gasteiger charge is -2.04. The minimum atomic E-state index is -0.205. The Bertz CT molecular complexity index is 574. The summed E-state index contributed by atoms with van der Waals surface area (Å²) in [5.74, 6) is 0.604. The van der Waals surface area contributed by atoms with Crippen LogP contribution in [0.1, 0.15) is 5.69 Å². The second-order valence-electron chi connectivity index (χ2n) is 3.37. The monoisotopic (exact) mass is 283 g/mol. The molecule has 0 saturated heterocycles. The van der Waals surface area contributed by atoms with Crippen molar-refractivity contribution < 1.29 is 0 Å². The van der Waals surface area contributed by atoms with Gasteiger partial charge in [-0.2, -0.15) is 10.2 Å². The fraction of sp³-hybridized carbons (Fsp3) is 0.222. The molecule has 2 heterocycles. The van der Waals surface area contributed by atoms with Crippen LogP contribution in [0.25, 0.3) is 0 Å². The molecule has 0 bridgehead atoms. The van der Waals surface area contributed by atoms with Gasteiger partial charge >= 0.3 is 0 Å². The molecule has 0 aliphatic rings. The summed E-state index contributed by atoms with van der Waals surface area (Å²) < 4.78 is 1.84. The highest BCUT2D eigenvalue weighted by Crippen LogP contribution is 2.13. The van der Waals surface area contributed by atoms with E-state index in [0.29, 0.717) is 16.1 Å². The Kier molecular flexibility index (Phi) is 2.78. The topological polar surface area (TPSA) is 75.6 Å². The van der Waals surface area contributed by atoms with E-state index in [1.807, 2.05) is 13.0 Å². The first-order chi connectivity index (χ1) is 7.56. The normalized spacial score (nSPS) is 10.4. The second kappa shape index (κ2) is 4.09. The van der Waals surface area contributed by atoms with E-state index in [9.17, 15) is 4.79 Å². The standard InChI is InChI=1S/C9H10BrN5O/c1-5-3-8(13-12-5)11-6-4-7(10)14-15(2)9(6)16/h3-4H,1-2H3,(H2,11,12,13). The number of rotatable bonds is 2. The predicted octanol–water partition coefficient (Wildman–Crippen LogP) is 1.32. The summed E-state index contributed by atoms with van der Waals surface area (Å²) in [6.07, 6.45) is 0. The molecule has 84 valence electrons. The predicted molar refractivity (Wildman–Crippen MR) is 63.8 cm³/mol. The highest BCUT2D eigenvalue weighted by Gasteiger charge is 2.06. The van der Waals surface area contributed by atoms with Gasteiger partial charge in [-0.25, -0.2) is 4.68 Å². The van der Waals surface area contributed by atoms with Crippen LogP contribution in [0.3, 0.4) is 0 Å². The van der Waals surface area contributed by atoms with E-state index < -0.39 is 0 Å². The first-order valence-corrected chi connectivity index (χ1v) is 5.38. The maximum absolute atomic E-state index is 11.7. The zero-order valence-electron chi connectivity index (χ0n) is 8.78. The van der Waals surface area contributed by atoms with Gasteiger partial charge in [0.1, 0.15) is 10.3 Å². The number of aromatic amines is 1. The van der Waals surface area contributed by atoms with Gasteiger partial charge in [0, 0.05) is 24.9 Å². The van der Waals surface area contributed by atoms with Gasteiger partial charge in [0.05, 0.1) is 0 Å². The molecular weight excluding hydrogens is 274 g/mol. The molecule has 0 aliphatic heterocycles. The zero-order chi connectivity index (χ0) is 11.7. The molecule has 0 aromatic carbocycles. The number of H-pyrrole nitrogens is 1. The van der Waals surface area contributed by atoms with Crippen LogP contribution in [0.2, 0.25) is 0 Å². The van der Waals surface area contributed by atoms with Gasteiger partial charge in [0.2, 0.25) is 0 Å². The number of halogens is 1. The molecule has 6 nitrogen and oxygen atoms in total. The molecule has 2 N–H and O–H groups in total. The average Bonchev–Trinajstić information content (AvgIpc) is 2.60. The Balaban J connectivity index is 2.38. The van der Waals surface area contributed by atoms with Crippen molar-refractivity contribution in [2.24, 2.45) is 7.05 Å². The lowest BCUT2D eigenvalue weighted by molar-refractivity contribution is 0.700. The number of nitrogens with zero attached hydrogens (tertiary/aromatic N) is 3. The summed E-state index contributed by atoms with van der Waals surface area (Å²) in [6, 6.07) is 3.43. The molecule has 0 atom stereocenters. The number of anilines is 2. The molecule has 0 aliphatic carbocycles. The van der Waals surface area contributed by atoms with Crippen molar-refractivity contribution in [1.29, 1.82) is 0 Å². The number of aryl methyl sites for hydroxylation is 2. The Morgan fingerprint density at radius 3 is 2.88 bits per heavy atom.